The van der Waals surface area contributed by atoms with Gasteiger partial charge in [-0.05, 0) is 39.0 Å². The number of hydrogen-bond acceptors (Lipinski definition) is 6. The second-order valence-electron chi connectivity index (χ2n) is 4.69. The maximum atomic E-state index is 5.47. The quantitative estimate of drug-likeness (QED) is 0.247. The van der Waals surface area contributed by atoms with Gasteiger partial charge in [-0.2, -0.15) is 0 Å². The van der Waals surface area contributed by atoms with E-state index in [4.69, 9.17) is 24.0 Å². The van der Waals surface area contributed by atoms with E-state index < -0.39 is 0 Å². The van der Waals surface area contributed by atoms with Crippen molar-refractivity contribution in [2.75, 3.05) is 33.5 Å². The number of rotatable bonds is 16. The summed E-state index contributed by atoms with van der Waals surface area (Å²) in [6.45, 7) is 8.54. The van der Waals surface area contributed by atoms with Crippen LogP contribution >= 0.6 is 0 Å². The van der Waals surface area contributed by atoms with Gasteiger partial charge in [0.15, 0.2) is 6.29 Å². The van der Waals surface area contributed by atoms with Gasteiger partial charge in [-0.3, -0.25) is 14.5 Å². The first-order valence-electron chi connectivity index (χ1n) is 8.11. The van der Waals surface area contributed by atoms with Crippen molar-refractivity contribution in [2.24, 2.45) is 0 Å². The highest BCUT2D eigenvalue weighted by atomic mass is 17.2. The number of methoxy groups -OCH3 is 1. The summed E-state index contributed by atoms with van der Waals surface area (Å²) >= 11 is 0. The van der Waals surface area contributed by atoms with E-state index in [2.05, 4.69) is 6.92 Å². The van der Waals surface area contributed by atoms with Gasteiger partial charge in [0.25, 0.3) is 0 Å². The number of nitrogens with zero attached hydrogens (tertiary/aromatic N) is 1. The summed E-state index contributed by atoms with van der Waals surface area (Å²) in [4.78, 5) is 16.2. The molecule has 21 heavy (non-hydrogen) atoms. The lowest BCUT2D eigenvalue weighted by Crippen LogP contribution is -2.26. The van der Waals surface area contributed by atoms with Crippen LogP contribution in [-0.2, 0) is 24.0 Å². The Hall–Kier alpha value is -0.240. The molecule has 0 saturated carbocycles. The summed E-state index contributed by atoms with van der Waals surface area (Å²) < 4.78 is 10.6. The van der Waals surface area contributed by atoms with Gasteiger partial charge in [0, 0.05) is 13.7 Å². The van der Waals surface area contributed by atoms with Gasteiger partial charge >= 0.3 is 0 Å². The molecule has 0 aliphatic rings. The van der Waals surface area contributed by atoms with Crippen molar-refractivity contribution in [2.45, 2.75) is 65.6 Å². The number of unbranched alkanes of at least 4 members (excludes halogenated alkanes) is 2. The van der Waals surface area contributed by atoms with Crippen molar-refractivity contribution in [1.29, 1.82) is 0 Å². The molecule has 1 unspecified atom stereocenters. The number of ether oxygens (including phenoxy) is 2. The van der Waals surface area contributed by atoms with E-state index in [0.717, 1.165) is 43.9 Å². The molecule has 0 fully saturated rings. The molecule has 0 N–H and O–H groups in total. The van der Waals surface area contributed by atoms with Crippen molar-refractivity contribution >= 4 is 0 Å². The van der Waals surface area contributed by atoms with Crippen LogP contribution in [0.4, 0.5) is 0 Å². The fourth-order valence-corrected chi connectivity index (χ4v) is 1.57. The molecule has 0 aromatic carbocycles. The van der Waals surface area contributed by atoms with Gasteiger partial charge < -0.3 is 9.47 Å². The first-order chi connectivity index (χ1) is 10.3. The van der Waals surface area contributed by atoms with Gasteiger partial charge in [0.05, 0.1) is 25.2 Å². The molecule has 6 heteroatoms. The highest BCUT2D eigenvalue weighted by molar-refractivity contribution is 4.45. The van der Waals surface area contributed by atoms with Gasteiger partial charge in [-0.15, -0.1) is 0 Å². The first-order valence-corrected chi connectivity index (χ1v) is 8.11. The highest BCUT2D eigenvalue weighted by Crippen LogP contribution is 2.07. The van der Waals surface area contributed by atoms with Gasteiger partial charge in [-0.25, -0.2) is 0 Å². The molecular weight excluding hydrogens is 274 g/mol. The van der Waals surface area contributed by atoms with Crippen LogP contribution in [0.3, 0.4) is 0 Å². The molecule has 0 heterocycles. The minimum absolute atomic E-state index is 0.122. The first kappa shape index (κ1) is 20.8. The molecule has 0 aromatic rings. The summed E-state index contributed by atoms with van der Waals surface area (Å²) in [6.07, 6.45) is 5.59. The normalized spacial score (nSPS) is 13.0. The fourth-order valence-electron chi connectivity index (χ4n) is 1.57. The minimum atomic E-state index is -0.122. The lowest BCUT2D eigenvalue weighted by Gasteiger charge is -2.19. The Morgan fingerprint density at radius 3 is 2.05 bits per heavy atom. The van der Waals surface area contributed by atoms with Gasteiger partial charge in [-0.1, -0.05) is 20.3 Å². The van der Waals surface area contributed by atoms with Crippen LogP contribution in [0.25, 0.3) is 0 Å². The molecule has 128 valence electrons. The maximum absolute atomic E-state index is 5.47. The zero-order chi connectivity index (χ0) is 15.8. The van der Waals surface area contributed by atoms with E-state index in [1.807, 2.05) is 13.8 Å². The second kappa shape index (κ2) is 16.1. The van der Waals surface area contributed by atoms with Crippen LogP contribution in [-0.4, -0.2) is 45.2 Å². The predicted octanol–water partition coefficient (Wildman–Crippen LogP) is 3.47. The molecule has 0 aliphatic heterocycles. The summed E-state index contributed by atoms with van der Waals surface area (Å²) in [5, 5.41) is 1.16. The van der Waals surface area contributed by atoms with Gasteiger partial charge in [0.1, 0.15) is 0 Å². The molecule has 0 aliphatic carbocycles. The predicted molar refractivity (Wildman–Crippen MR) is 81.2 cm³/mol. The molecular formula is C15H33NO5. The lowest BCUT2D eigenvalue weighted by atomic mass is 10.2. The fraction of sp³-hybridized carbons (Fsp3) is 1.00. The molecule has 0 bridgehead atoms. The van der Waals surface area contributed by atoms with Crippen LogP contribution in [0.5, 0.6) is 0 Å². The Balaban J connectivity index is 3.69. The Kier molecular flexibility index (Phi) is 16.0. The molecule has 1 atom stereocenters. The molecule has 6 nitrogen and oxygen atoms in total. The average Bonchev–Trinajstić information content (AvgIpc) is 2.50. The van der Waals surface area contributed by atoms with E-state index >= 15 is 0 Å². The Labute approximate surface area is 129 Å². The monoisotopic (exact) mass is 307 g/mol. The second-order valence-corrected chi connectivity index (χ2v) is 4.69. The van der Waals surface area contributed by atoms with Crippen molar-refractivity contribution in [1.82, 2.24) is 5.39 Å². The topological polar surface area (TPSA) is 49.4 Å². The third-order valence-corrected chi connectivity index (χ3v) is 2.74. The highest BCUT2D eigenvalue weighted by Gasteiger charge is 2.08. The SMILES string of the molecule is CCCCON(OCCC)OCCCCC(OC)OCC. The van der Waals surface area contributed by atoms with E-state index in [-0.39, 0.29) is 6.29 Å². The van der Waals surface area contributed by atoms with Crippen molar-refractivity contribution in [3.63, 3.8) is 0 Å². The zero-order valence-electron chi connectivity index (χ0n) is 14.1. The van der Waals surface area contributed by atoms with Crippen LogP contribution in [0.2, 0.25) is 0 Å². The lowest BCUT2D eigenvalue weighted by molar-refractivity contribution is -0.526. The third-order valence-electron chi connectivity index (χ3n) is 2.74. The summed E-state index contributed by atoms with van der Waals surface area (Å²) in [7, 11) is 1.67. The van der Waals surface area contributed by atoms with Crippen LogP contribution in [0.1, 0.15) is 59.3 Å². The average molecular weight is 307 g/mol. The van der Waals surface area contributed by atoms with Gasteiger partial charge in [0.2, 0.25) is 0 Å². The molecule has 0 saturated heterocycles. The largest absolute Gasteiger partial charge is 0.356 e. The summed E-state index contributed by atoms with van der Waals surface area (Å²) in [6, 6.07) is 0. The van der Waals surface area contributed by atoms with E-state index in [1.165, 1.54) is 0 Å². The molecule has 0 spiro atoms. The molecule has 0 aromatic heterocycles. The summed E-state index contributed by atoms with van der Waals surface area (Å²) in [5.74, 6) is 0. The molecule has 0 rings (SSSR count). The van der Waals surface area contributed by atoms with Crippen LogP contribution in [0.15, 0.2) is 0 Å². The van der Waals surface area contributed by atoms with E-state index in [0.29, 0.717) is 26.4 Å². The van der Waals surface area contributed by atoms with Crippen molar-refractivity contribution in [3.8, 4) is 0 Å². The standard InChI is InChI=1S/C15H33NO5/c1-5-8-13-20-16(19-12-6-2)21-14-10-9-11-15(17-4)18-7-3/h15H,5-14H2,1-4H3. The van der Waals surface area contributed by atoms with E-state index in [1.54, 1.807) is 7.11 Å². The Morgan fingerprint density at radius 1 is 0.810 bits per heavy atom. The van der Waals surface area contributed by atoms with Crippen LogP contribution < -0.4 is 0 Å². The molecule has 0 amide bonds. The zero-order valence-corrected chi connectivity index (χ0v) is 14.1. The Morgan fingerprint density at radius 2 is 1.48 bits per heavy atom. The van der Waals surface area contributed by atoms with Crippen molar-refractivity contribution < 1.29 is 24.0 Å². The summed E-state index contributed by atoms with van der Waals surface area (Å²) in [5.41, 5.74) is 0. The van der Waals surface area contributed by atoms with Crippen molar-refractivity contribution in [3.05, 3.63) is 0 Å². The maximum Gasteiger partial charge on any atom is 0.157 e. The van der Waals surface area contributed by atoms with E-state index in [9.17, 15) is 0 Å². The smallest absolute Gasteiger partial charge is 0.157 e. The number of hydrogen-bond donors (Lipinski definition) is 0. The molecule has 0 radical (unpaired) electrons. The third kappa shape index (κ3) is 13.2. The Bertz CT molecular complexity index is 207. The minimum Gasteiger partial charge on any atom is -0.356 e. The van der Waals surface area contributed by atoms with Crippen LogP contribution in [0, 0.1) is 0 Å².